The summed E-state index contributed by atoms with van der Waals surface area (Å²) in [5, 5.41) is 13.5. The second-order valence-electron chi connectivity index (χ2n) is 3.77. The van der Waals surface area contributed by atoms with Crippen LogP contribution in [-0.2, 0) is 0 Å². The summed E-state index contributed by atoms with van der Waals surface area (Å²) in [4.78, 5) is 0. The van der Waals surface area contributed by atoms with Crippen LogP contribution in [0.25, 0.3) is 0 Å². The molecule has 12 heavy (non-hydrogen) atoms. The van der Waals surface area contributed by atoms with Crippen molar-refractivity contribution in [3.63, 3.8) is 0 Å². The summed E-state index contributed by atoms with van der Waals surface area (Å²) in [6.07, 6.45) is 0.993. The SMILES string of the molecule is CC1CC(NC(C)C(C)O)CS1. The summed E-state index contributed by atoms with van der Waals surface area (Å²) in [5.41, 5.74) is 0. The molecule has 0 saturated carbocycles. The number of hydrogen-bond acceptors (Lipinski definition) is 3. The highest BCUT2D eigenvalue weighted by Gasteiger charge is 2.23. The molecule has 0 aromatic carbocycles. The minimum Gasteiger partial charge on any atom is -0.392 e. The zero-order chi connectivity index (χ0) is 9.14. The van der Waals surface area contributed by atoms with Gasteiger partial charge >= 0.3 is 0 Å². The van der Waals surface area contributed by atoms with Gasteiger partial charge in [-0.3, -0.25) is 0 Å². The molecule has 2 nitrogen and oxygen atoms in total. The number of nitrogens with one attached hydrogen (secondary N) is 1. The summed E-state index contributed by atoms with van der Waals surface area (Å²) in [7, 11) is 0. The monoisotopic (exact) mass is 189 g/mol. The predicted molar refractivity (Wildman–Crippen MR) is 54.6 cm³/mol. The molecule has 1 aliphatic rings. The molecule has 0 radical (unpaired) electrons. The molecule has 1 heterocycles. The van der Waals surface area contributed by atoms with Gasteiger partial charge in [0.2, 0.25) is 0 Å². The molecule has 4 atom stereocenters. The van der Waals surface area contributed by atoms with Gasteiger partial charge in [0.15, 0.2) is 0 Å². The lowest BCUT2D eigenvalue weighted by molar-refractivity contribution is 0.147. The molecule has 3 heteroatoms. The minimum atomic E-state index is -0.245. The van der Waals surface area contributed by atoms with E-state index in [4.69, 9.17) is 0 Å². The van der Waals surface area contributed by atoms with Gasteiger partial charge in [-0.1, -0.05) is 6.92 Å². The van der Waals surface area contributed by atoms with Gasteiger partial charge in [-0.15, -0.1) is 0 Å². The zero-order valence-corrected chi connectivity index (χ0v) is 8.90. The Bertz CT molecular complexity index is 140. The molecule has 0 aliphatic carbocycles. The van der Waals surface area contributed by atoms with Crippen molar-refractivity contribution in [2.75, 3.05) is 5.75 Å². The summed E-state index contributed by atoms with van der Waals surface area (Å²) in [6.45, 7) is 6.14. The first-order chi connectivity index (χ1) is 5.59. The quantitative estimate of drug-likeness (QED) is 0.700. The van der Waals surface area contributed by atoms with E-state index in [1.165, 1.54) is 12.2 Å². The van der Waals surface area contributed by atoms with Gasteiger partial charge in [0.25, 0.3) is 0 Å². The van der Waals surface area contributed by atoms with Crippen LogP contribution >= 0.6 is 11.8 Å². The Morgan fingerprint density at radius 3 is 2.58 bits per heavy atom. The van der Waals surface area contributed by atoms with Crippen LogP contribution in [-0.4, -0.2) is 34.3 Å². The maximum absolute atomic E-state index is 9.28. The second kappa shape index (κ2) is 4.49. The van der Waals surface area contributed by atoms with Crippen molar-refractivity contribution < 1.29 is 5.11 Å². The van der Waals surface area contributed by atoms with Gasteiger partial charge in [0, 0.05) is 23.1 Å². The Hall–Kier alpha value is 0.270. The summed E-state index contributed by atoms with van der Waals surface area (Å²) in [6, 6.07) is 0.829. The molecule has 0 bridgehead atoms. The fourth-order valence-electron chi connectivity index (χ4n) is 1.44. The molecule has 1 rings (SSSR count). The third kappa shape index (κ3) is 2.96. The predicted octanol–water partition coefficient (Wildman–Crippen LogP) is 1.24. The fourth-order valence-corrected chi connectivity index (χ4v) is 2.61. The molecular formula is C9H19NOS. The van der Waals surface area contributed by atoms with Crippen molar-refractivity contribution in [3.8, 4) is 0 Å². The Kier molecular flexibility index (Phi) is 3.87. The van der Waals surface area contributed by atoms with E-state index in [0.717, 1.165) is 5.25 Å². The van der Waals surface area contributed by atoms with Gasteiger partial charge in [0.05, 0.1) is 6.10 Å². The molecule has 1 aliphatic heterocycles. The highest BCUT2D eigenvalue weighted by atomic mass is 32.2. The standard InChI is InChI=1S/C9H19NOS/c1-6-4-9(5-12-6)10-7(2)8(3)11/h6-11H,4-5H2,1-3H3. The first kappa shape index (κ1) is 10.4. The molecule has 0 aromatic heterocycles. The van der Waals surface area contributed by atoms with Crippen molar-refractivity contribution in [1.82, 2.24) is 5.32 Å². The molecule has 1 saturated heterocycles. The first-order valence-electron chi connectivity index (χ1n) is 4.65. The first-order valence-corrected chi connectivity index (χ1v) is 5.70. The van der Waals surface area contributed by atoms with Crippen molar-refractivity contribution in [2.45, 2.75) is 50.6 Å². The summed E-state index contributed by atoms with van der Waals surface area (Å²) >= 11 is 2.01. The topological polar surface area (TPSA) is 32.3 Å². The van der Waals surface area contributed by atoms with E-state index in [0.29, 0.717) is 6.04 Å². The summed E-state index contributed by atoms with van der Waals surface area (Å²) < 4.78 is 0. The zero-order valence-electron chi connectivity index (χ0n) is 8.08. The van der Waals surface area contributed by atoms with Gasteiger partial charge in [-0.25, -0.2) is 0 Å². The lowest BCUT2D eigenvalue weighted by Gasteiger charge is -2.21. The van der Waals surface area contributed by atoms with Crippen molar-refractivity contribution >= 4 is 11.8 Å². The van der Waals surface area contributed by atoms with E-state index in [1.807, 2.05) is 25.6 Å². The number of rotatable bonds is 3. The van der Waals surface area contributed by atoms with Gasteiger partial charge < -0.3 is 10.4 Å². The van der Waals surface area contributed by atoms with Crippen molar-refractivity contribution in [2.24, 2.45) is 0 Å². The lowest BCUT2D eigenvalue weighted by Crippen LogP contribution is -2.42. The Morgan fingerprint density at radius 1 is 1.50 bits per heavy atom. The summed E-state index contributed by atoms with van der Waals surface area (Å²) in [5.74, 6) is 1.19. The van der Waals surface area contributed by atoms with Crippen molar-refractivity contribution in [3.05, 3.63) is 0 Å². The molecular weight excluding hydrogens is 170 g/mol. The van der Waals surface area contributed by atoms with Crippen molar-refractivity contribution in [1.29, 1.82) is 0 Å². The highest BCUT2D eigenvalue weighted by Crippen LogP contribution is 2.26. The smallest absolute Gasteiger partial charge is 0.0662 e. The number of hydrogen-bond donors (Lipinski definition) is 2. The van der Waals surface area contributed by atoms with E-state index < -0.39 is 0 Å². The molecule has 1 fully saturated rings. The Labute approximate surface area is 79.1 Å². The van der Waals surface area contributed by atoms with Crippen LogP contribution in [0.4, 0.5) is 0 Å². The highest BCUT2D eigenvalue weighted by molar-refractivity contribution is 8.00. The third-order valence-electron chi connectivity index (χ3n) is 2.42. The minimum absolute atomic E-state index is 0.223. The van der Waals surface area contributed by atoms with E-state index in [9.17, 15) is 5.11 Å². The van der Waals surface area contributed by atoms with Crippen LogP contribution in [0.1, 0.15) is 27.2 Å². The number of thioether (sulfide) groups is 1. The number of aliphatic hydroxyl groups is 1. The average Bonchev–Trinajstić information content (AvgIpc) is 2.35. The maximum Gasteiger partial charge on any atom is 0.0662 e. The molecule has 2 N–H and O–H groups in total. The van der Waals surface area contributed by atoms with Crippen LogP contribution in [0.5, 0.6) is 0 Å². The van der Waals surface area contributed by atoms with Gasteiger partial charge in [-0.05, 0) is 20.3 Å². The van der Waals surface area contributed by atoms with Crippen LogP contribution in [0.2, 0.25) is 0 Å². The molecule has 0 amide bonds. The van der Waals surface area contributed by atoms with Crippen LogP contribution in [0.15, 0.2) is 0 Å². The van der Waals surface area contributed by atoms with Crippen LogP contribution in [0, 0.1) is 0 Å². The van der Waals surface area contributed by atoms with E-state index >= 15 is 0 Å². The normalized spacial score (nSPS) is 35.0. The van der Waals surface area contributed by atoms with E-state index in [2.05, 4.69) is 12.2 Å². The number of aliphatic hydroxyl groups excluding tert-OH is 1. The Morgan fingerprint density at radius 2 is 2.17 bits per heavy atom. The van der Waals surface area contributed by atoms with Gasteiger partial charge in [-0.2, -0.15) is 11.8 Å². The maximum atomic E-state index is 9.28. The second-order valence-corrected chi connectivity index (χ2v) is 5.24. The average molecular weight is 189 g/mol. The lowest BCUT2D eigenvalue weighted by atomic mass is 10.1. The third-order valence-corrected chi connectivity index (χ3v) is 3.78. The molecule has 0 aromatic rings. The molecule has 0 spiro atoms. The molecule has 72 valence electrons. The Balaban J connectivity index is 2.23. The largest absolute Gasteiger partial charge is 0.392 e. The van der Waals surface area contributed by atoms with Crippen LogP contribution in [0.3, 0.4) is 0 Å². The molecule has 4 unspecified atom stereocenters. The van der Waals surface area contributed by atoms with E-state index in [1.54, 1.807) is 0 Å². The van der Waals surface area contributed by atoms with Gasteiger partial charge in [0.1, 0.15) is 0 Å². The van der Waals surface area contributed by atoms with Crippen LogP contribution < -0.4 is 5.32 Å². The fraction of sp³-hybridized carbons (Fsp3) is 1.00. The van der Waals surface area contributed by atoms with E-state index in [-0.39, 0.29) is 12.1 Å².